The van der Waals surface area contributed by atoms with Gasteiger partial charge in [-0.1, -0.05) is 29.8 Å². The molecule has 96 valence electrons. The highest BCUT2D eigenvalue weighted by molar-refractivity contribution is 6.31. The summed E-state index contributed by atoms with van der Waals surface area (Å²) in [5.74, 6) is -1.38. The highest BCUT2D eigenvalue weighted by atomic mass is 35.5. The maximum atomic E-state index is 11.2. The molecule has 0 aliphatic carbocycles. The van der Waals surface area contributed by atoms with Gasteiger partial charge in [0.25, 0.3) is 0 Å². The van der Waals surface area contributed by atoms with Crippen LogP contribution in [0.2, 0.25) is 5.02 Å². The molecule has 3 rings (SSSR count). The average Bonchev–Trinajstić information content (AvgIpc) is 2.75. The number of aromatic nitrogens is 1. The number of aromatic amines is 1. The predicted molar refractivity (Wildman–Crippen MR) is 76.9 cm³/mol. The Bertz CT molecular complexity index is 791. The molecule has 2 N–H and O–H groups in total. The van der Waals surface area contributed by atoms with Gasteiger partial charge < -0.3 is 10.1 Å². The highest BCUT2D eigenvalue weighted by Gasteiger charge is 2.18. The van der Waals surface area contributed by atoms with Crippen LogP contribution in [0.5, 0.6) is 0 Å². The van der Waals surface area contributed by atoms with Crippen molar-refractivity contribution in [1.29, 1.82) is 0 Å². The molecule has 0 saturated heterocycles. The fraction of sp³-hybridized carbons (Fsp3) is 0.133. The van der Waals surface area contributed by atoms with Gasteiger partial charge in [-0.15, -0.1) is 0 Å². The number of hydrogen-bond donors (Lipinski definition) is 2. The van der Waals surface area contributed by atoms with Crippen molar-refractivity contribution in [1.82, 2.24) is 4.98 Å². The Morgan fingerprint density at radius 1 is 1.26 bits per heavy atom. The number of hydrogen-bond acceptors (Lipinski definition) is 1. The second-order valence-electron chi connectivity index (χ2n) is 4.64. The van der Waals surface area contributed by atoms with E-state index in [1.165, 1.54) is 0 Å². The molecule has 3 nitrogen and oxygen atoms in total. The predicted octanol–water partition coefficient (Wildman–Crippen LogP) is 4.16. The highest BCUT2D eigenvalue weighted by Crippen LogP contribution is 2.32. The molecule has 1 heterocycles. The SMILES string of the molecule is CC(C(=O)O)c1cccc2c1[nH]c1ccc(Cl)cc12. The second kappa shape index (κ2) is 4.28. The van der Waals surface area contributed by atoms with Gasteiger partial charge in [0, 0.05) is 21.3 Å². The number of fused-ring (bicyclic) bond motifs is 3. The van der Waals surface area contributed by atoms with E-state index in [-0.39, 0.29) is 0 Å². The molecule has 0 spiro atoms. The number of halogens is 1. The lowest BCUT2D eigenvalue weighted by molar-refractivity contribution is -0.138. The first kappa shape index (κ1) is 12.1. The molecular weight excluding hydrogens is 262 g/mol. The quantitative estimate of drug-likeness (QED) is 0.736. The monoisotopic (exact) mass is 273 g/mol. The molecule has 0 saturated carbocycles. The molecule has 19 heavy (non-hydrogen) atoms. The standard InChI is InChI=1S/C15H12ClNO2/c1-8(15(18)19)10-3-2-4-11-12-7-9(16)5-6-13(12)17-14(10)11/h2-8,17H,1H3,(H,18,19). The smallest absolute Gasteiger partial charge is 0.310 e. The fourth-order valence-corrected chi connectivity index (χ4v) is 2.58. The third-order valence-electron chi connectivity index (χ3n) is 3.47. The largest absolute Gasteiger partial charge is 0.481 e. The van der Waals surface area contributed by atoms with Crippen molar-refractivity contribution < 1.29 is 9.90 Å². The Balaban J connectivity index is 2.37. The maximum Gasteiger partial charge on any atom is 0.310 e. The van der Waals surface area contributed by atoms with Gasteiger partial charge in [0.1, 0.15) is 0 Å². The van der Waals surface area contributed by atoms with Crippen LogP contribution in [0.3, 0.4) is 0 Å². The summed E-state index contributed by atoms with van der Waals surface area (Å²) in [4.78, 5) is 14.5. The van der Waals surface area contributed by atoms with E-state index in [9.17, 15) is 9.90 Å². The molecule has 1 aromatic heterocycles. The molecule has 1 unspecified atom stereocenters. The number of carbonyl (C=O) groups is 1. The van der Waals surface area contributed by atoms with Crippen LogP contribution in [0.4, 0.5) is 0 Å². The van der Waals surface area contributed by atoms with Crippen molar-refractivity contribution in [2.45, 2.75) is 12.8 Å². The molecule has 0 aliphatic rings. The normalized spacial score (nSPS) is 12.9. The van der Waals surface area contributed by atoms with Crippen molar-refractivity contribution >= 4 is 39.4 Å². The number of carboxylic acids is 1. The minimum Gasteiger partial charge on any atom is -0.481 e. The molecule has 0 bridgehead atoms. The van der Waals surface area contributed by atoms with Crippen LogP contribution in [0.1, 0.15) is 18.4 Å². The Hall–Kier alpha value is -2.00. The van der Waals surface area contributed by atoms with E-state index in [0.717, 1.165) is 27.4 Å². The summed E-state index contributed by atoms with van der Waals surface area (Å²) in [5, 5.41) is 11.9. The maximum absolute atomic E-state index is 11.2. The third kappa shape index (κ3) is 1.87. The molecule has 0 fully saturated rings. The molecular formula is C15H12ClNO2. The van der Waals surface area contributed by atoms with E-state index >= 15 is 0 Å². The van der Waals surface area contributed by atoms with Gasteiger partial charge in [-0.2, -0.15) is 0 Å². The van der Waals surface area contributed by atoms with Crippen LogP contribution in [0, 0.1) is 0 Å². The van der Waals surface area contributed by atoms with E-state index < -0.39 is 11.9 Å². The number of rotatable bonds is 2. The summed E-state index contributed by atoms with van der Waals surface area (Å²) in [6.07, 6.45) is 0. The van der Waals surface area contributed by atoms with Crippen molar-refractivity contribution in [3.8, 4) is 0 Å². The van der Waals surface area contributed by atoms with Crippen molar-refractivity contribution in [2.75, 3.05) is 0 Å². The molecule has 4 heteroatoms. The molecule has 0 aliphatic heterocycles. The van der Waals surface area contributed by atoms with Gasteiger partial charge in [-0.3, -0.25) is 4.79 Å². The number of carboxylic acid groups (broad SMARTS) is 1. The fourth-order valence-electron chi connectivity index (χ4n) is 2.41. The average molecular weight is 274 g/mol. The lowest BCUT2D eigenvalue weighted by atomic mass is 9.98. The van der Waals surface area contributed by atoms with Gasteiger partial charge in [-0.25, -0.2) is 0 Å². The molecule has 1 atom stereocenters. The molecule has 3 aromatic rings. The van der Waals surface area contributed by atoms with E-state index in [0.29, 0.717) is 5.02 Å². The summed E-state index contributed by atoms with van der Waals surface area (Å²) in [6, 6.07) is 11.3. The van der Waals surface area contributed by atoms with Crippen LogP contribution in [0.25, 0.3) is 21.8 Å². The summed E-state index contributed by atoms with van der Waals surface area (Å²) < 4.78 is 0. The van der Waals surface area contributed by atoms with E-state index in [1.807, 2.05) is 36.4 Å². The summed E-state index contributed by atoms with van der Waals surface area (Å²) in [6.45, 7) is 1.69. The van der Waals surface area contributed by atoms with Crippen LogP contribution in [-0.2, 0) is 4.79 Å². The third-order valence-corrected chi connectivity index (χ3v) is 3.70. The van der Waals surface area contributed by atoms with Crippen LogP contribution < -0.4 is 0 Å². The van der Waals surface area contributed by atoms with E-state index in [2.05, 4.69) is 4.98 Å². The van der Waals surface area contributed by atoms with Gasteiger partial charge >= 0.3 is 5.97 Å². The topological polar surface area (TPSA) is 53.1 Å². The van der Waals surface area contributed by atoms with Crippen LogP contribution >= 0.6 is 11.6 Å². The minimum atomic E-state index is -0.829. The molecule has 0 radical (unpaired) electrons. The number of aliphatic carboxylic acids is 1. The number of H-pyrrole nitrogens is 1. The van der Waals surface area contributed by atoms with Gasteiger partial charge in [-0.05, 0) is 30.7 Å². The Morgan fingerprint density at radius 3 is 2.79 bits per heavy atom. The van der Waals surface area contributed by atoms with E-state index in [4.69, 9.17) is 11.6 Å². The number of nitrogens with one attached hydrogen (secondary N) is 1. The van der Waals surface area contributed by atoms with Crippen molar-refractivity contribution in [3.63, 3.8) is 0 Å². The summed E-state index contributed by atoms with van der Waals surface area (Å²) in [5.41, 5.74) is 2.62. The molecule has 2 aromatic carbocycles. The lowest BCUT2D eigenvalue weighted by Gasteiger charge is -2.07. The lowest BCUT2D eigenvalue weighted by Crippen LogP contribution is -2.07. The van der Waals surface area contributed by atoms with Gasteiger partial charge in [0.05, 0.1) is 11.4 Å². The first-order valence-electron chi connectivity index (χ1n) is 6.00. The Morgan fingerprint density at radius 2 is 2.05 bits per heavy atom. The summed E-state index contributed by atoms with van der Waals surface area (Å²) >= 11 is 6.02. The van der Waals surface area contributed by atoms with Crippen molar-refractivity contribution in [2.24, 2.45) is 0 Å². The zero-order valence-corrected chi connectivity index (χ0v) is 11.0. The first-order valence-corrected chi connectivity index (χ1v) is 6.38. The Labute approximate surface area is 114 Å². The van der Waals surface area contributed by atoms with Crippen LogP contribution in [0.15, 0.2) is 36.4 Å². The number of benzene rings is 2. The van der Waals surface area contributed by atoms with Crippen LogP contribution in [-0.4, -0.2) is 16.1 Å². The minimum absolute atomic E-state index is 0.549. The van der Waals surface area contributed by atoms with E-state index in [1.54, 1.807) is 6.92 Å². The van der Waals surface area contributed by atoms with Crippen molar-refractivity contribution in [3.05, 3.63) is 47.0 Å². The zero-order valence-electron chi connectivity index (χ0n) is 10.3. The molecule has 0 amide bonds. The van der Waals surface area contributed by atoms with Gasteiger partial charge in [0.2, 0.25) is 0 Å². The van der Waals surface area contributed by atoms with Gasteiger partial charge in [0.15, 0.2) is 0 Å². The summed E-state index contributed by atoms with van der Waals surface area (Å²) in [7, 11) is 0. The zero-order chi connectivity index (χ0) is 13.6. The first-order chi connectivity index (χ1) is 9.08. The Kier molecular flexibility index (Phi) is 2.72. The number of para-hydroxylation sites is 1. The second-order valence-corrected chi connectivity index (χ2v) is 5.08.